The third kappa shape index (κ3) is 3.31. The van der Waals surface area contributed by atoms with Crippen molar-refractivity contribution in [3.05, 3.63) is 40.2 Å². The van der Waals surface area contributed by atoms with Gasteiger partial charge in [0.25, 0.3) is 0 Å². The summed E-state index contributed by atoms with van der Waals surface area (Å²) in [4.78, 5) is 5.18. The lowest BCUT2D eigenvalue weighted by Crippen LogP contribution is -2.23. The number of aromatic nitrogens is 1. The molecule has 0 saturated carbocycles. The van der Waals surface area contributed by atoms with Crippen LogP contribution in [-0.2, 0) is 16.6 Å². The molecule has 0 bridgehead atoms. The molecule has 5 nitrogen and oxygen atoms in total. The first kappa shape index (κ1) is 14.0. The Hall–Kier alpha value is -1.44. The zero-order valence-corrected chi connectivity index (χ0v) is 12.3. The third-order valence-corrected chi connectivity index (χ3v) is 5.10. The number of nitrogens with zero attached hydrogens (tertiary/aromatic N) is 1. The van der Waals surface area contributed by atoms with Gasteiger partial charge in [-0.05, 0) is 36.1 Å². The van der Waals surface area contributed by atoms with Gasteiger partial charge in [-0.25, -0.2) is 18.1 Å². The molecule has 2 heterocycles. The maximum atomic E-state index is 12.1. The zero-order chi connectivity index (χ0) is 13.9. The molecule has 0 unspecified atom stereocenters. The quantitative estimate of drug-likeness (QED) is 0.885. The lowest BCUT2D eigenvalue weighted by atomic mass is 10.3. The summed E-state index contributed by atoms with van der Waals surface area (Å²) in [5, 5.41) is 4.79. The second-order valence-electron chi connectivity index (χ2n) is 3.98. The monoisotopic (exact) mass is 297 g/mol. The van der Waals surface area contributed by atoms with E-state index in [0.717, 1.165) is 10.4 Å². The molecule has 0 atom stereocenters. The molecule has 2 aromatic heterocycles. The van der Waals surface area contributed by atoms with Gasteiger partial charge in [-0.1, -0.05) is 0 Å². The van der Waals surface area contributed by atoms with Crippen molar-refractivity contribution in [1.82, 2.24) is 9.71 Å². The number of hydrogen-bond acceptors (Lipinski definition) is 5. The molecule has 2 rings (SSSR count). The molecular weight excluding hydrogens is 282 g/mol. The summed E-state index contributed by atoms with van der Waals surface area (Å²) in [5.41, 5.74) is 1.09. The Kier molecular flexibility index (Phi) is 4.18. The van der Waals surface area contributed by atoms with Crippen molar-refractivity contribution in [2.24, 2.45) is 0 Å². The van der Waals surface area contributed by atoms with Crippen LogP contribution in [-0.4, -0.2) is 20.4 Å². The van der Waals surface area contributed by atoms with Crippen LogP contribution in [0.4, 0.5) is 5.82 Å². The molecule has 0 spiro atoms. The topological polar surface area (TPSA) is 71.1 Å². The number of sulfonamides is 1. The SMILES string of the molecule is CNc1ccc(S(=O)(=O)NCc2sccc2C)cn1. The van der Waals surface area contributed by atoms with Gasteiger partial charge in [-0.15, -0.1) is 11.3 Å². The Morgan fingerprint density at radius 1 is 1.32 bits per heavy atom. The molecule has 7 heteroatoms. The number of rotatable bonds is 5. The Morgan fingerprint density at radius 3 is 2.63 bits per heavy atom. The van der Waals surface area contributed by atoms with E-state index in [4.69, 9.17) is 0 Å². The van der Waals surface area contributed by atoms with Crippen molar-refractivity contribution in [1.29, 1.82) is 0 Å². The van der Waals surface area contributed by atoms with Gasteiger partial charge in [0, 0.05) is 24.7 Å². The Morgan fingerprint density at radius 2 is 2.11 bits per heavy atom. The Labute approximate surface area is 116 Å². The largest absolute Gasteiger partial charge is 0.373 e. The van der Waals surface area contributed by atoms with Crippen LogP contribution in [0.2, 0.25) is 0 Å². The molecule has 0 aromatic carbocycles. The predicted molar refractivity (Wildman–Crippen MR) is 76.9 cm³/mol. The second-order valence-corrected chi connectivity index (χ2v) is 6.75. The highest BCUT2D eigenvalue weighted by molar-refractivity contribution is 7.89. The first-order valence-corrected chi connectivity index (χ1v) is 8.05. The highest BCUT2D eigenvalue weighted by Crippen LogP contribution is 2.16. The van der Waals surface area contributed by atoms with E-state index in [2.05, 4.69) is 15.0 Å². The highest BCUT2D eigenvalue weighted by Gasteiger charge is 2.14. The molecular formula is C12H15N3O2S2. The van der Waals surface area contributed by atoms with Crippen LogP contribution in [0, 0.1) is 6.92 Å². The number of aryl methyl sites for hydroxylation is 1. The van der Waals surface area contributed by atoms with Crippen LogP contribution in [0.25, 0.3) is 0 Å². The first-order chi connectivity index (χ1) is 9.03. The van der Waals surface area contributed by atoms with Crippen molar-refractivity contribution in [2.75, 3.05) is 12.4 Å². The van der Waals surface area contributed by atoms with Crippen LogP contribution < -0.4 is 10.0 Å². The smallest absolute Gasteiger partial charge is 0.242 e. The molecule has 102 valence electrons. The fourth-order valence-electron chi connectivity index (χ4n) is 1.52. The summed E-state index contributed by atoms with van der Waals surface area (Å²) in [6, 6.07) is 5.13. The standard InChI is InChI=1S/C12H15N3O2S2/c1-9-5-6-18-11(9)8-15-19(16,17)10-3-4-12(13-2)14-7-10/h3-7,15H,8H2,1-2H3,(H,13,14). The van der Waals surface area contributed by atoms with Gasteiger partial charge < -0.3 is 5.32 Å². The molecule has 2 N–H and O–H groups in total. The summed E-state index contributed by atoms with van der Waals surface area (Å²) in [6.45, 7) is 2.27. The Bertz CT molecular complexity index is 648. The maximum absolute atomic E-state index is 12.1. The number of pyridine rings is 1. The van der Waals surface area contributed by atoms with Gasteiger partial charge in [-0.2, -0.15) is 0 Å². The van der Waals surface area contributed by atoms with E-state index in [0.29, 0.717) is 12.4 Å². The van der Waals surface area contributed by atoms with E-state index in [1.54, 1.807) is 13.1 Å². The second kappa shape index (κ2) is 5.68. The lowest BCUT2D eigenvalue weighted by Gasteiger charge is -2.07. The third-order valence-electron chi connectivity index (χ3n) is 2.69. The first-order valence-electron chi connectivity index (χ1n) is 5.69. The van der Waals surface area contributed by atoms with E-state index in [-0.39, 0.29) is 4.90 Å². The minimum atomic E-state index is -3.51. The summed E-state index contributed by atoms with van der Waals surface area (Å²) in [5.74, 6) is 0.632. The van der Waals surface area contributed by atoms with Gasteiger partial charge in [-0.3, -0.25) is 0 Å². The summed E-state index contributed by atoms with van der Waals surface area (Å²) < 4.78 is 26.7. The van der Waals surface area contributed by atoms with Gasteiger partial charge in [0.15, 0.2) is 0 Å². The average molecular weight is 297 g/mol. The van der Waals surface area contributed by atoms with E-state index in [1.165, 1.54) is 23.6 Å². The van der Waals surface area contributed by atoms with Crippen molar-refractivity contribution in [3.63, 3.8) is 0 Å². The van der Waals surface area contributed by atoms with Crippen LogP contribution in [0.5, 0.6) is 0 Å². The average Bonchev–Trinajstić information content (AvgIpc) is 2.82. The highest BCUT2D eigenvalue weighted by atomic mass is 32.2. The molecule has 0 aliphatic rings. The molecule has 0 saturated heterocycles. The van der Waals surface area contributed by atoms with Crippen LogP contribution in [0.3, 0.4) is 0 Å². The normalized spacial score (nSPS) is 11.5. The number of nitrogens with one attached hydrogen (secondary N) is 2. The summed E-state index contributed by atoms with van der Waals surface area (Å²) in [6.07, 6.45) is 1.34. The van der Waals surface area contributed by atoms with Gasteiger partial charge in [0.05, 0.1) is 0 Å². The van der Waals surface area contributed by atoms with E-state index < -0.39 is 10.0 Å². The molecule has 19 heavy (non-hydrogen) atoms. The van der Waals surface area contributed by atoms with Crippen molar-refractivity contribution >= 4 is 27.2 Å². The molecule has 0 aliphatic carbocycles. The number of hydrogen-bond donors (Lipinski definition) is 2. The van der Waals surface area contributed by atoms with E-state index in [1.807, 2.05) is 18.4 Å². The zero-order valence-electron chi connectivity index (χ0n) is 10.7. The van der Waals surface area contributed by atoms with E-state index >= 15 is 0 Å². The lowest BCUT2D eigenvalue weighted by molar-refractivity contribution is 0.581. The van der Waals surface area contributed by atoms with Gasteiger partial charge in [0.1, 0.15) is 10.7 Å². The van der Waals surface area contributed by atoms with Crippen molar-refractivity contribution in [3.8, 4) is 0 Å². The van der Waals surface area contributed by atoms with Crippen LogP contribution >= 0.6 is 11.3 Å². The maximum Gasteiger partial charge on any atom is 0.242 e. The minimum absolute atomic E-state index is 0.167. The fourth-order valence-corrected chi connectivity index (χ4v) is 3.39. The summed E-state index contributed by atoms with van der Waals surface area (Å²) >= 11 is 1.54. The number of thiophene rings is 1. The molecule has 0 aliphatic heterocycles. The molecule has 2 aromatic rings. The van der Waals surface area contributed by atoms with Crippen LogP contribution in [0.15, 0.2) is 34.7 Å². The molecule has 0 fully saturated rings. The predicted octanol–water partition coefficient (Wildman–Crippen LogP) is 1.97. The van der Waals surface area contributed by atoms with E-state index in [9.17, 15) is 8.42 Å². The van der Waals surface area contributed by atoms with Crippen LogP contribution in [0.1, 0.15) is 10.4 Å². The Balaban J connectivity index is 2.11. The molecule has 0 radical (unpaired) electrons. The van der Waals surface area contributed by atoms with Gasteiger partial charge >= 0.3 is 0 Å². The fraction of sp³-hybridized carbons (Fsp3) is 0.250. The summed E-state index contributed by atoms with van der Waals surface area (Å²) in [7, 11) is -1.78. The van der Waals surface area contributed by atoms with Crippen molar-refractivity contribution in [2.45, 2.75) is 18.4 Å². The van der Waals surface area contributed by atoms with Gasteiger partial charge in [0.2, 0.25) is 10.0 Å². The number of anilines is 1. The van der Waals surface area contributed by atoms with Crippen molar-refractivity contribution < 1.29 is 8.42 Å². The minimum Gasteiger partial charge on any atom is -0.373 e. The molecule has 0 amide bonds.